The maximum Gasteiger partial charge on any atom is 0.257 e. The van der Waals surface area contributed by atoms with Crippen molar-refractivity contribution < 1.29 is 9.18 Å². The van der Waals surface area contributed by atoms with E-state index in [1.165, 1.54) is 18.3 Å². The number of carbonyl (C=O) groups excluding carboxylic acids is 1. The molecule has 4 nitrogen and oxygen atoms in total. The summed E-state index contributed by atoms with van der Waals surface area (Å²) in [5.74, 6) is -0.866. The van der Waals surface area contributed by atoms with E-state index >= 15 is 0 Å². The molecule has 0 aromatic carbocycles. The van der Waals surface area contributed by atoms with Gasteiger partial charge in [-0.1, -0.05) is 0 Å². The van der Waals surface area contributed by atoms with Crippen molar-refractivity contribution in [1.82, 2.24) is 9.97 Å². The number of hydrogen-bond donors (Lipinski definition) is 1. The molecule has 0 radical (unpaired) electrons. The molecular formula is C13H12FN3O. The third kappa shape index (κ3) is 2.68. The van der Waals surface area contributed by atoms with Crippen LogP contribution in [0.25, 0.3) is 0 Å². The van der Waals surface area contributed by atoms with Crippen LogP contribution in [-0.4, -0.2) is 15.9 Å². The van der Waals surface area contributed by atoms with Crippen molar-refractivity contribution in [2.24, 2.45) is 0 Å². The van der Waals surface area contributed by atoms with Crippen molar-refractivity contribution in [1.29, 1.82) is 0 Å². The number of nitrogens with one attached hydrogen (secondary N) is 1. The lowest BCUT2D eigenvalue weighted by Crippen LogP contribution is -2.14. The highest BCUT2D eigenvalue weighted by molar-refractivity contribution is 6.04. The zero-order valence-corrected chi connectivity index (χ0v) is 10.1. The Bertz CT molecular complexity index is 581. The Morgan fingerprint density at radius 3 is 2.61 bits per heavy atom. The number of rotatable bonds is 2. The van der Waals surface area contributed by atoms with Gasteiger partial charge in [0, 0.05) is 5.69 Å². The van der Waals surface area contributed by atoms with Gasteiger partial charge in [0.25, 0.3) is 5.91 Å². The second-order valence-corrected chi connectivity index (χ2v) is 3.91. The van der Waals surface area contributed by atoms with Gasteiger partial charge in [-0.25, -0.2) is 4.98 Å². The van der Waals surface area contributed by atoms with Crippen LogP contribution in [0.4, 0.5) is 10.1 Å². The van der Waals surface area contributed by atoms with Crippen molar-refractivity contribution in [2.45, 2.75) is 13.8 Å². The highest BCUT2D eigenvalue weighted by atomic mass is 19.1. The molecule has 0 saturated carbocycles. The van der Waals surface area contributed by atoms with E-state index in [0.717, 1.165) is 5.69 Å². The number of hydrogen-bond acceptors (Lipinski definition) is 3. The lowest BCUT2D eigenvalue weighted by molar-refractivity contribution is 0.102. The number of halogens is 1. The summed E-state index contributed by atoms with van der Waals surface area (Å²) in [5.41, 5.74) is 2.45. The Kier molecular flexibility index (Phi) is 3.32. The molecule has 0 aliphatic rings. The van der Waals surface area contributed by atoms with Gasteiger partial charge < -0.3 is 5.32 Å². The van der Waals surface area contributed by atoms with Gasteiger partial charge in [-0.15, -0.1) is 0 Å². The van der Waals surface area contributed by atoms with E-state index in [1.54, 1.807) is 19.1 Å². The second kappa shape index (κ2) is 4.91. The fourth-order valence-electron chi connectivity index (χ4n) is 1.57. The summed E-state index contributed by atoms with van der Waals surface area (Å²) >= 11 is 0. The molecule has 2 rings (SSSR count). The molecule has 0 bridgehead atoms. The van der Waals surface area contributed by atoms with Gasteiger partial charge in [-0.3, -0.25) is 9.78 Å². The van der Waals surface area contributed by atoms with Gasteiger partial charge in [0.15, 0.2) is 0 Å². The number of amides is 1. The Labute approximate surface area is 104 Å². The van der Waals surface area contributed by atoms with Crippen molar-refractivity contribution >= 4 is 11.6 Å². The normalized spacial score (nSPS) is 10.2. The smallest absolute Gasteiger partial charge is 0.257 e. The molecule has 0 fully saturated rings. The lowest BCUT2D eigenvalue weighted by atomic mass is 10.1. The predicted octanol–water partition coefficient (Wildman–Crippen LogP) is 2.48. The molecule has 2 aromatic heterocycles. The number of anilines is 1. The van der Waals surface area contributed by atoms with Gasteiger partial charge in [-0.2, -0.15) is 4.39 Å². The van der Waals surface area contributed by atoms with Gasteiger partial charge in [0.05, 0.1) is 23.1 Å². The van der Waals surface area contributed by atoms with E-state index in [9.17, 15) is 9.18 Å². The molecule has 0 aliphatic carbocycles. The van der Waals surface area contributed by atoms with Crippen LogP contribution in [-0.2, 0) is 0 Å². The summed E-state index contributed by atoms with van der Waals surface area (Å²) in [6.45, 7) is 3.63. The fourth-order valence-corrected chi connectivity index (χ4v) is 1.57. The van der Waals surface area contributed by atoms with E-state index in [0.29, 0.717) is 16.9 Å². The summed E-state index contributed by atoms with van der Waals surface area (Å²) in [5, 5.41) is 2.64. The number of pyridine rings is 2. The molecular weight excluding hydrogens is 233 g/mol. The molecule has 18 heavy (non-hydrogen) atoms. The third-order valence-corrected chi connectivity index (χ3v) is 2.45. The van der Waals surface area contributed by atoms with Gasteiger partial charge >= 0.3 is 0 Å². The average molecular weight is 245 g/mol. The lowest BCUT2D eigenvalue weighted by Gasteiger charge is -2.07. The molecule has 1 N–H and O–H groups in total. The topological polar surface area (TPSA) is 54.9 Å². The van der Waals surface area contributed by atoms with Crippen molar-refractivity contribution in [2.75, 3.05) is 5.32 Å². The van der Waals surface area contributed by atoms with Crippen molar-refractivity contribution in [3.63, 3.8) is 0 Å². The number of carbonyl (C=O) groups is 1. The van der Waals surface area contributed by atoms with E-state index in [2.05, 4.69) is 15.3 Å². The summed E-state index contributed by atoms with van der Waals surface area (Å²) in [6, 6.07) is 6.13. The molecule has 2 heterocycles. The quantitative estimate of drug-likeness (QED) is 0.827. The first-order chi connectivity index (χ1) is 8.56. The molecule has 0 aliphatic heterocycles. The average Bonchev–Trinajstić information content (AvgIpc) is 2.32. The number of aromatic nitrogens is 2. The summed E-state index contributed by atoms with van der Waals surface area (Å²) in [4.78, 5) is 19.6. The largest absolute Gasteiger partial charge is 0.321 e. The Hall–Kier alpha value is -2.30. The highest BCUT2D eigenvalue weighted by Gasteiger charge is 2.10. The van der Waals surface area contributed by atoms with Crippen LogP contribution >= 0.6 is 0 Å². The molecule has 0 saturated heterocycles. The Morgan fingerprint density at radius 1 is 1.22 bits per heavy atom. The standard InChI is InChI=1S/C13H12FN3O/c1-8-3-5-11(9(2)16-8)13(18)17-10-4-6-12(14)15-7-10/h3-7H,1-2H3,(H,17,18). The monoisotopic (exact) mass is 245 g/mol. The first-order valence-corrected chi connectivity index (χ1v) is 5.43. The number of nitrogens with zero attached hydrogens (tertiary/aromatic N) is 2. The van der Waals surface area contributed by atoms with Crippen molar-refractivity contribution in [3.8, 4) is 0 Å². The fraction of sp³-hybridized carbons (Fsp3) is 0.154. The first kappa shape index (κ1) is 12.2. The molecule has 5 heteroatoms. The zero-order chi connectivity index (χ0) is 13.1. The highest BCUT2D eigenvalue weighted by Crippen LogP contribution is 2.11. The molecule has 0 atom stereocenters. The van der Waals surface area contributed by atoms with Crippen LogP contribution in [0.5, 0.6) is 0 Å². The van der Waals surface area contributed by atoms with E-state index in [1.807, 2.05) is 6.92 Å². The van der Waals surface area contributed by atoms with E-state index < -0.39 is 5.95 Å². The van der Waals surface area contributed by atoms with Crippen LogP contribution in [0.15, 0.2) is 30.5 Å². The third-order valence-electron chi connectivity index (χ3n) is 2.45. The minimum Gasteiger partial charge on any atom is -0.321 e. The summed E-state index contributed by atoms with van der Waals surface area (Å²) in [7, 11) is 0. The van der Waals surface area contributed by atoms with E-state index in [-0.39, 0.29) is 5.91 Å². The van der Waals surface area contributed by atoms with Crippen LogP contribution in [0.1, 0.15) is 21.7 Å². The van der Waals surface area contributed by atoms with Gasteiger partial charge in [-0.05, 0) is 38.1 Å². The van der Waals surface area contributed by atoms with Crippen LogP contribution < -0.4 is 5.32 Å². The Morgan fingerprint density at radius 2 is 2.00 bits per heavy atom. The molecule has 92 valence electrons. The second-order valence-electron chi connectivity index (χ2n) is 3.91. The maximum absolute atomic E-state index is 12.6. The van der Waals surface area contributed by atoms with Crippen LogP contribution in [0.2, 0.25) is 0 Å². The first-order valence-electron chi connectivity index (χ1n) is 5.43. The SMILES string of the molecule is Cc1ccc(C(=O)Nc2ccc(F)nc2)c(C)n1. The number of aryl methyl sites for hydroxylation is 2. The summed E-state index contributed by atoms with van der Waals surface area (Å²) in [6.07, 6.45) is 1.27. The summed E-state index contributed by atoms with van der Waals surface area (Å²) < 4.78 is 12.6. The molecule has 0 unspecified atom stereocenters. The van der Waals surface area contributed by atoms with Gasteiger partial charge in [0.2, 0.25) is 5.95 Å². The minimum absolute atomic E-state index is 0.284. The van der Waals surface area contributed by atoms with Gasteiger partial charge in [0.1, 0.15) is 0 Å². The predicted molar refractivity (Wildman–Crippen MR) is 65.9 cm³/mol. The molecule has 1 amide bonds. The van der Waals surface area contributed by atoms with Crippen molar-refractivity contribution in [3.05, 3.63) is 53.4 Å². The molecule has 2 aromatic rings. The maximum atomic E-state index is 12.6. The zero-order valence-electron chi connectivity index (χ0n) is 10.1. The van der Waals surface area contributed by atoms with E-state index in [4.69, 9.17) is 0 Å². The minimum atomic E-state index is -0.582. The Balaban J connectivity index is 2.19. The van der Waals surface area contributed by atoms with Crippen LogP contribution in [0.3, 0.4) is 0 Å². The van der Waals surface area contributed by atoms with Crippen LogP contribution in [0, 0.1) is 19.8 Å². The molecule has 0 spiro atoms.